The lowest BCUT2D eigenvalue weighted by Crippen LogP contribution is -2.27. The molecular weight excluding hydrogens is 328 g/mol. The van der Waals surface area contributed by atoms with Gasteiger partial charge in [0.05, 0.1) is 23.2 Å². The number of hydrogen-bond donors (Lipinski definition) is 2. The number of ether oxygens (including phenoxy) is 1. The van der Waals surface area contributed by atoms with Gasteiger partial charge in [-0.2, -0.15) is 0 Å². The maximum Gasteiger partial charge on any atom is 0.155 e. The number of anilines is 1. The van der Waals surface area contributed by atoms with Crippen molar-refractivity contribution in [3.8, 4) is 0 Å². The average molecular weight is 356 g/mol. The molecular formula is C20H28N4O2. The molecule has 0 fully saturated rings. The fourth-order valence-corrected chi connectivity index (χ4v) is 3.12. The van der Waals surface area contributed by atoms with Crippen LogP contribution in [0.4, 0.5) is 5.82 Å². The number of nitrogens with one attached hydrogen (secondary N) is 1. The summed E-state index contributed by atoms with van der Waals surface area (Å²) in [5.41, 5.74) is 1.83. The van der Waals surface area contributed by atoms with Gasteiger partial charge in [-0.3, -0.25) is 0 Å². The van der Waals surface area contributed by atoms with E-state index in [1.165, 1.54) is 0 Å². The van der Waals surface area contributed by atoms with Crippen molar-refractivity contribution in [1.29, 1.82) is 0 Å². The first kappa shape index (κ1) is 18.6. The minimum atomic E-state index is -0.870. The van der Waals surface area contributed by atoms with Crippen molar-refractivity contribution >= 4 is 27.8 Å². The Labute approximate surface area is 154 Å². The lowest BCUT2D eigenvalue weighted by molar-refractivity contribution is 0.0582. The molecule has 6 nitrogen and oxygen atoms in total. The van der Waals surface area contributed by atoms with Crippen LogP contribution in [0.2, 0.25) is 0 Å². The van der Waals surface area contributed by atoms with Crippen LogP contribution in [0.3, 0.4) is 0 Å². The topological polar surface area (TPSA) is 72.2 Å². The standard InChI is InChI=1S/C20H28N4O2/c1-6-26-11-16-23-17-18(24(16)12-20(4,5)25)14-9-7-8-10-15(14)22-19(17)21-13(2)3/h7-10,13,25H,6,11-12H2,1-5H3,(H,21,22). The monoisotopic (exact) mass is 356 g/mol. The maximum absolute atomic E-state index is 10.5. The quantitative estimate of drug-likeness (QED) is 0.675. The summed E-state index contributed by atoms with van der Waals surface area (Å²) in [5, 5.41) is 14.9. The highest BCUT2D eigenvalue weighted by Crippen LogP contribution is 2.31. The normalized spacial score (nSPS) is 12.4. The van der Waals surface area contributed by atoms with Gasteiger partial charge in [0.1, 0.15) is 17.9 Å². The fourth-order valence-electron chi connectivity index (χ4n) is 3.12. The second-order valence-electron chi connectivity index (χ2n) is 7.54. The SMILES string of the molecule is CCOCc1nc2c(NC(C)C)nc3ccccc3c2n1CC(C)(C)O. The van der Waals surface area contributed by atoms with E-state index in [1.807, 2.05) is 25.1 Å². The summed E-state index contributed by atoms with van der Waals surface area (Å²) in [6.45, 7) is 11.2. The number of hydrogen-bond acceptors (Lipinski definition) is 5. The highest BCUT2D eigenvalue weighted by atomic mass is 16.5. The number of benzene rings is 1. The van der Waals surface area contributed by atoms with Crippen LogP contribution in [-0.4, -0.2) is 37.9 Å². The minimum absolute atomic E-state index is 0.238. The Kier molecular flexibility index (Phi) is 5.16. The molecule has 0 atom stereocenters. The van der Waals surface area contributed by atoms with Gasteiger partial charge >= 0.3 is 0 Å². The highest BCUT2D eigenvalue weighted by molar-refractivity contribution is 6.07. The number of rotatable bonds is 7. The summed E-state index contributed by atoms with van der Waals surface area (Å²) in [6, 6.07) is 8.28. The Morgan fingerprint density at radius 1 is 1.23 bits per heavy atom. The molecule has 0 spiro atoms. The van der Waals surface area contributed by atoms with Crippen LogP contribution in [0.5, 0.6) is 0 Å². The lowest BCUT2D eigenvalue weighted by Gasteiger charge is -2.21. The van der Waals surface area contributed by atoms with E-state index in [2.05, 4.69) is 29.8 Å². The Balaban J connectivity index is 2.33. The summed E-state index contributed by atoms with van der Waals surface area (Å²) in [4.78, 5) is 9.62. The molecule has 1 aromatic carbocycles. The first-order chi connectivity index (χ1) is 12.3. The first-order valence-corrected chi connectivity index (χ1v) is 9.14. The number of imidazole rings is 1. The van der Waals surface area contributed by atoms with Crippen molar-refractivity contribution in [2.75, 3.05) is 11.9 Å². The van der Waals surface area contributed by atoms with Crippen LogP contribution in [0, 0.1) is 0 Å². The van der Waals surface area contributed by atoms with Crippen molar-refractivity contribution in [2.45, 2.75) is 59.4 Å². The van der Waals surface area contributed by atoms with Crippen molar-refractivity contribution in [3.63, 3.8) is 0 Å². The summed E-state index contributed by atoms with van der Waals surface area (Å²) >= 11 is 0. The number of para-hydroxylation sites is 1. The van der Waals surface area contributed by atoms with E-state index in [-0.39, 0.29) is 6.04 Å². The molecule has 3 rings (SSSR count). The van der Waals surface area contributed by atoms with E-state index in [9.17, 15) is 5.11 Å². The third-order valence-corrected chi connectivity index (χ3v) is 4.07. The molecule has 6 heteroatoms. The van der Waals surface area contributed by atoms with Gasteiger partial charge in [-0.15, -0.1) is 0 Å². The second kappa shape index (κ2) is 7.21. The van der Waals surface area contributed by atoms with Crippen molar-refractivity contribution in [2.24, 2.45) is 0 Å². The molecule has 0 amide bonds. The molecule has 0 saturated carbocycles. The van der Waals surface area contributed by atoms with E-state index in [0.29, 0.717) is 19.8 Å². The average Bonchev–Trinajstić information content (AvgIpc) is 2.90. The van der Waals surface area contributed by atoms with Crippen LogP contribution in [0.1, 0.15) is 40.4 Å². The smallest absolute Gasteiger partial charge is 0.155 e. The molecule has 0 saturated heterocycles. The van der Waals surface area contributed by atoms with Crippen LogP contribution in [0.25, 0.3) is 21.9 Å². The number of nitrogens with zero attached hydrogens (tertiary/aromatic N) is 3. The summed E-state index contributed by atoms with van der Waals surface area (Å²) in [6.07, 6.45) is 0. The number of fused-ring (bicyclic) bond motifs is 3. The molecule has 0 radical (unpaired) electrons. The Hall–Kier alpha value is -2.18. The van der Waals surface area contributed by atoms with Gasteiger partial charge in [0.15, 0.2) is 5.82 Å². The molecule has 26 heavy (non-hydrogen) atoms. The maximum atomic E-state index is 10.5. The molecule has 0 aliphatic rings. The lowest BCUT2D eigenvalue weighted by atomic mass is 10.1. The van der Waals surface area contributed by atoms with Crippen LogP contribution in [-0.2, 0) is 17.9 Å². The predicted molar refractivity (Wildman–Crippen MR) is 105 cm³/mol. The van der Waals surface area contributed by atoms with Gasteiger partial charge in [-0.1, -0.05) is 18.2 Å². The van der Waals surface area contributed by atoms with E-state index < -0.39 is 5.60 Å². The van der Waals surface area contributed by atoms with Gasteiger partial charge in [0.2, 0.25) is 0 Å². The molecule has 140 valence electrons. The number of aliphatic hydroxyl groups is 1. The molecule has 0 aliphatic heterocycles. The van der Waals surface area contributed by atoms with Gasteiger partial charge < -0.3 is 19.7 Å². The zero-order chi connectivity index (χ0) is 18.9. The van der Waals surface area contributed by atoms with Crippen molar-refractivity contribution in [3.05, 3.63) is 30.1 Å². The molecule has 2 N–H and O–H groups in total. The third-order valence-electron chi connectivity index (χ3n) is 4.07. The minimum Gasteiger partial charge on any atom is -0.389 e. The Bertz CT molecular complexity index is 909. The van der Waals surface area contributed by atoms with Gasteiger partial charge in [-0.25, -0.2) is 9.97 Å². The fraction of sp³-hybridized carbons (Fsp3) is 0.500. The molecule has 0 aliphatic carbocycles. The number of pyridine rings is 1. The van der Waals surface area contributed by atoms with Crippen LogP contribution >= 0.6 is 0 Å². The zero-order valence-corrected chi connectivity index (χ0v) is 16.2. The van der Waals surface area contributed by atoms with Crippen molar-refractivity contribution in [1.82, 2.24) is 14.5 Å². The zero-order valence-electron chi connectivity index (χ0n) is 16.2. The van der Waals surface area contributed by atoms with Crippen LogP contribution < -0.4 is 5.32 Å². The van der Waals surface area contributed by atoms with E-state index in [1.54, 1.807) is 13.8 Å². The highest BCUT2D eigenvalue weighted by Gasteiger charge is 2.23. The van der Waals surface area contributed by atoms with Gasteiger partial charge in [0, 0.05) is 18.0 Å². The summed E-state index contributed by atoms with van der Waals surface area (Å²) < 4.78 is 7.70. The van der Waals surface area contributed by atoms with Gasteiger partial charge in [0.25, 0.3) is 0 Å². The summed E-state index contributed by atoms with van der Waals surface area (Å²) in [5.74, 6) is 1.56. The second-order valence-corrected chi connectivity index (χ2v) is 7.54. The first-order valence-electron chi connectivity index (χ1n) is 9.14. The number of aromatic nitrogens is 3. The van der Waals surface area contributed by atoms with E-state index in [4.69, 9.17) is 14.7 Å². The third kappa shape index (κ3) is 3.81. The Morgan fingerprint density at radius 2 is 1.96 bits per heavy atom. The molecule has 2 aromatic heterocycles. The molecule has 2 heterocycles. The van der Waals surface area contributed by atoms with Crippen LogP contribution in [0.15, 0.2) is 24.3 Å². The molecule has 0 unspecified atom stereocenters. The molecule has 3 aromatic rings. The molecule has 0 bridgehead atoms. The Morgan fingerprint density at radius 3 is 2.62 bits per heavy atom. The predicted octanol–water partition coefficient (Wildman–Crippen LogP) is 3.71. The largest absolute Gasteiger partial charge is 0.389 e. The van der Waals surface area contributed by atoms with Crippen molar-refractivity contribution < 1.29 is 9.84 Å². The summed E-state index contributed by atoms with van der Waals surface area (Å²) in [7, 11) is 0. The van der Waals surface area contributed by atoms with E-state index in [0.717, 1.165) is 33.6 Å². The van der Waals surface area contributed by atoms with Gasteiger partial charge in [-0.05, 0) is 40.7 Å². The van der Waals surface area contributed by atoms with E-state index >= 15 is 0 Å².